The SMILES string of the molecule is Cc1nc2sc(Br)nn2c1Cl. The number of aryl methyl sites for hydroxylation is 1. The largest absolute Gasteiger partial charge is 0.221 e. The molecule has 0 aromatic carbocycles. The molecule has 0 radical (unpaired) electrons. The number of fused-ring (bicyclic) bond motifs is 1. The molecule has 0 unspecified atom stereocenters. The number of aromatic nitrogens is 3. The summed E-state index contributed by atoms with van der Waals surface area (Å²) < 4.78 is 2.41. The Bertz CT molecular complexity index is 407. The van der Waals surface area contributed by atoms with E-state index in [1.54, 1.807) is 4.52 Å². The molecule has 2 rings (SSSR count). The Morgan fingerprint density at radius 3 is 3.00 bits per heavy atom. The van der Waals surface area contributed by atoms with Crippen LogP contribution in [0.3, 0.4) is 0 Å². The van der Waals surface area contributed by atoms with E-state index in [1.807, 2.05) is 6.92 Å². The van der Waals surface area contributed by atoms with Crippen molar-refractivity contribution in [3.05, 3.63) is 14.8 Å². The first-order valence-electron chi connectivity index (χ1n) is 2.85. The maximum Gasteiger partial charge on any atom is 0.214 e. The highest BCUT2D eigenvalue weighted by molar-refractivity contribution is 9.11. The Morgan fingerprint density at radius 1 is 1.64 bits per heavy atom. The van der Waals surface area contributed by atoms with E-state index in [2.05, 4.69) is 26.0 Å². The summed E-state index contributed by atoms with van der Waals surface area (Å²) >= 11 is 10.6. The molecule has 0 fully saturated rings. The average Bonchev–Trinajstić information content (AvgIpc) is 2.37. The van der Waals surface area contributed by atoms with Crippen LogP contribution in [0.15, 0.2) is 3.92 Å². The molecule has 2 aromatic rings. The van der Waals surface area contributed by atoms with E-state index < -0.39 is 0 Å². The third-order valence-corrected chi connectivity index (χ3v) is 3.06. The van der Waals surface area contributed by atoms with Gasteiger partial charge in [0.1, 0.15) is 0 Å². The van der Waals surface area contributed by atoms with E-state index >= 15 is 0 Å². The van der Waals surface area contributed by atoms with Crippen molar-refractivity contribution in [3.8, 4) is 0 Å². The number of halogens is 2. The van der Waals surface area contributed by atoms with Gasteiger partial charge in [-0.15, -0.1) is 5.10 Å². The number of hydrogen-bond donors (Lipinski definition) is 0. The van der Waals surface area contributed by atoms with Gasteiger partial charge in [-0.3, -0.25) is 0 Å². The standard InChI is InChI=1S/C5H3BrClN3S/c1-2-3(7)10-5(8-2)11-4(6)9-10/h1H3. The molecular formula is C5H3BrClN3S. The topological polar surface area (TPSA) is 30.2 Å². The highest BCUT2D eigenvalue weighted by Crippen LogP contribution is 2.24. The van der Waals surface area contributed by atoms with Gasteiger partial charge >= 0.3 is 0 Å². The molecule has 0 saturated carbocycles. The summed E-state index contributed by atoms with van der Waals surface area (Å²) in [5.41, 5.74) is 0.818. The van der Waals surface area contributed by atoms with Gasteiger partial charge in [-0.25, -0.2) is 4.98 Å². The summed E-state index contributed by atoms with van der Waals surface area (Å²) in [4.78, 5) is 5.01. The second-order valence-corrected chi connectivity index (χ2v) is 4.63. The zero-order valence-electron chi connectivity index (χ0n) is 5.51. The molecule has 0 spiro atoms. The van der Waals surface area contributed by atoms with Crippen molar-refractivity contribution in [1.82, 2.24) is 14.6 Å². The minimum Gasteiger partial charge on any atom is -0.221 e. The Morgan fingerprint density at radius 2 is 2.36 bits per heavy atom. The lowest BCUT2D eigenvalue weighted by atomic mass is 10.6. The summed E-state index contributed by atoms with van der Waals surface area (Å²) in [6.45, 7) is 1.86. The normalized spacial score (nSPS) is 11.2. The van der Waals surface area contributed by atoms with Crippen LogP contribution < -0.4 is 0 Å². The minimum absolute atomic E-state index is 0.585. The zero-order valence-corrected chi connectivity index (χ0v) is 8.66. The van der Waals surface area contributed by atoms with Crippen LogP contribution in [0.4, 0.5) is 0 Å². The Hall–Kier alpha value is -0.130. The molecule has 0 bridgehead atoms. The Kier molecular flexibility index (Phi) is 1.66. The molecule has 2 heterocycles. The molecular weight excluding hydrogens is 250 g/mol. The molecule has 0 N–H and O–H groups in total. The fraction of sp³-hybridized carbons (Fsp3) is 0.200. The van der Waals surface area contributed by atoms with Crippen molar-refractivity contribution < 1.29 is 0 Å². The van der Waals surface area contributed by atoms with Gasteiger partial charge in [-0.2, -0.15) is 4.52 Å². The van der Waals surface area contributed by atoms with E-state index in [1.165, 1.54) is 11.3 Å². The summed E-state index contributed by atoms with van der Waals surface area (Å²) in [5, 5.41) is 4.68. The smallest absolute Gasteiger partial charge is 0.214 e. The van der Waals surface area contributed by atoms with E-state index in [0.717, 1.165) is 14.6 Å². The second-order valence-electron chi connectivity index (χ2n) is 2.04. The lowest BCUT2D eigenvalue weighted by Crippen LogP contribution is -1.81. The lowest BCUT2D eigenvalue weighted by molar-refractivity contribution is 0.957. The van der Waals surface area contributed by atoms with Crippen molar-refractivity contribution in [2.45, 2.75) is 6.92 Å². The van der Waals surface area contributed by atoms with Gasteiger partial charge in [-0.1, -0.05) is 22.9 Å². The summed E-state index contributed by atoms with van der Waals surface area (Å²) in [6, 6.07) is 0. The van der Waals surface area contributed by atoms with Crippen LogP contribution in [-0.4, -0.2) is 14.6 Å². The Balaban J connectivity index is 2.88. The third kappa shape index (κ3) is 1.07. The highest BCUT2D eigenvalue weighted by atomic mass is 79.9. The van der Waals surface area contributed by atoms with Gasteiger partial charge in [0.15, 0.2) is 9.07 Å². The van der Waals surface area contributed by atoms with Gasteiger partial charge in [0.05, 0.1) is 5.69 Å². The molecule has 0 saturated heterocycles. The van der Waals surface area contributed by atoms with E-state index in [-0.39, 0.29) is 0 Å². The Labute approximate surface area is 80.1 Å². The lowest BCUT2D eigenvalue weighted by Gasteiger charge is -1.82. The predicted octanol–water partition coefficient (Wildman–Crippen LogP) is 2.52. The average molecular weight is 253 g/mol. The summed E-state index contributed by atoms with van der Waals surface area (Å²) in [7, 11) is 0. The van der Waals surface area contributed by atoms with Crippen molar-refractivity contribution in [2.75, 3.05) is 0 Å². The van der Waals surface area contributed by atoms with Gasteiger partial charge in [0.2, 0.25) is 4.96 Å². The monoisotopic (exact) mass is 251 g/mol. The maximum atomic E-state index is 5.88. The predicted molar refractivity (Wildman–Crippen MR) is 48.3 cm³/mol. The molecule has 0 aliphatic rings. The zero-order chi connectivity index (χ0) is 8.01. The van der Waals surface area contributed by atoms with Crippen LogP contribution in [0.2, 0.25) is 5.15 Å². The van der Waals surface area contributed by atoms with Crippen molar-refractivity contribution in [1.29, 1.82) is 0 Å². The van der Waals surface area contributed by atoms with Crippen LogP contribution in [0, 0.1) is 6.92 Å². The maximum absolute atomic E-state index is 5.88. The molecule has 0 aliphatic carbocycles. The van der Waals surface area contributed by atoms with E-state index in [4.69, 9.17) is 11.6 Å². The minimum atomic E-state index is 0.585. The molecule has 3 nitrogen and oxygen atoms in total. The van der Waals surface area contributed by atoms with Gasteiger partial charge in [0.25, 0.3) is 0 Å². The van der Waals surface area contributed by atoms with Gasteiger partial charge < -0.3 is 0 Å². The molecule has 2 aromatic heterocycles. The van der Waals surface area contributed by atoms with Gasteiger partial charge in [0, 0.05) is 0 Å². The van der Waals surface area contributed by atoms with Crippen LogP contribution in [-0.2, 0) is 0 Å². The van der Waals surface area contributed by atoms with Gasteiger partial charge in [-0.05, 0) is 22.9 Å². The summed E-state index contributed by atoms with van der Waals surface area (Å²) in [6.07, 6.45) is 0. The van der Waals surface area contributed by atoms with Crippen LogP contribution >= 0.6 is 38.9 Å². The fourth-order valence-corrected chi connectivity index (χ4v) is 2.28. The van der Waals surface area contributed by atoms with Crippen molar-refractivity contribution >= 4 is 43.8 Å². The van der Waals surface area contributed by atoms with Crippen molar-refractivity contribution in [3.63, 3.8) is 0 Å². The molecule has 11 heavy (non-hydrogen) atoms. The molecule has 58 valence electrons. The van der Waals surface area contributed by atoms with Crippen LogP contribution in [0.25, 0.3) is 4.96 Å². The first kappa shape index (κ1) is 7.52. The van der Waals surface area contributed by atoms with Crippen LogP contribution in [0.5, 0.6) is 0 Å². The second kappa shape index (κ2) is 2.43. The first-order valence-corrected chi connectivity index (χ1v) is 4.84. The fourth-order valence-electron chi connectivity index (χ4n) is 0.801. The molecule has 0 amide bonds. The van der Waals surface area contributed by atoms with Crippen molar-refractivity contribution in [2.24, 2.45) is 0 Å². The third-order valence-electron chi connectivity index (χ3n) is 1.28. The molecule has 0 aliphatic heterocycles. The molecule has 6 heteroatoms. The number of hydrogen-bond acceptors (Lipinski definition) is 3. The van der Waals surface area contributed by atoms with Crippen LogP contribution in [0.1, 0.15) is 5.69 Å². The number of rotatable bonds is 0. The first-order chi connectivity index (χ1) is 5.18. The summed E-state index contributed by atoms with van der Waals surface area (Å²) in [5.74, 6) is 0. The molecule has 0 atom stereocenters. The number of imidazole rings is 1. The highest BCUT2D eigenvalue weighted by Gasteiger charge is 2.09. The van der Waals surface area contributed by atoms with E-state index in [9.17, 15) is 0 Å². The number of nitrogens with zero attached hydrogens (tertiary/aromatic N) is 3. The van der Waals surface area contributed by atoms with E-state index in [0.29, 0.717) is 5.15 Å². The quantitative estimate of drug-likeness (QED) is 0.721.